The van der Waals surface area contributed by atoms with Gasteiger partial charge in [-0.3, -0.25) is 0 Å². The van der Waals surface area contributed by atoms with E-state index < -0.39 is 0 Å². The largest absolute Gasteiger partial charge is 0.457 e. The molecule has 162 valence electrons. The van der Waals surface area contributed by atoms with Crippen molar-refractivity contribution in [1.29, 1.82) is 0 Å². The molecule has 0 spiro atoms. The number of ether oxygens (including phenoxy) is 1. The highest BCUT2D eigenvalue weighted by Crippen LogP contribution is 2.36. The van der Waals surface area contributed by atoms with Crippen LogP contribution in [-0.2, 0) is 16.1 Å². The molecule has 2 heteroatoms. The number of rotatable bonds is 7. The van der Waals surface area contributed by atoms with Gasteiger partial charge in [0.05, 0.1) is 0 Å². The van der Waals surface area contributed by atoms with Crippen LogP contribution < -0.4 is 0 Å². The number of hydrogen-bond acceptors (Lipinski definition) is 2. The van der Waals surface area contributed by atoms with Crippen molar-refractivity contribution in [2.45, 2.75) is 13.5 Å². The first-order valence-electron chi connectivity index (χ1n) is 11.0. The lowest BCUT2D eigenvalue weighted by Crippen LogP contribution is -2.05. The highest BCUT2D eigenvalue weighted by atomic mass is 16.5. The third-order valence-corrected chi connectivity index (χ3v) is 5.40. The lowest BCUT2D eigenvalue weighted by Gasteiger charge is -2.18. The van der Waals surface area contributed by atoms with Gasteiger partial charge in [0.25, 0.3) is 0 Å². The van der Waals surface area contributed by atoms with Gasteiger partial charge in [-0.15, -0.1) is 0 Å². The van der Waals surface area contributed by atoms with Gasteiger partial charge in [0.15, 0.2) is 0 Å². The smallest absolute Gasteiger partial charge is 0.333 e. The van der Waals surface area contributed by atoms with E-state index in [-0.39, 0.29) is 12.6 Å². The Labute approximate surface area is 195 Å². The molecule has 0 amide bonds. The van der Waals surface area contributed by atoms with Crippen molar-refractivity contribution in [3.63, 3.8) is 0 Å². The Kier molecular flexibility index (Phi) is 6.96. The first-order valence-corrected chi connectivity index (χ1v) is 11.0. The summed E-state index contributed by atoms with van der Waals surface area (Å²) in [6, 6.07) is 39.6. The fraction of sp³-hybridized carbons (Fsp3) is 0.0645. The third kappa shape index (κ3) is 5.36. The third-order valence-electron chi connectivity index (χ3n) is 5.40. The predicted molar refractivity (Wildman–Crippen MR) is 135 cm³/mol. The van der Waals surface area contributed by atoms with Crippen molar-refractivity contribution in [3.8, 4) is 0 Å². The molecule has 0 saturated heterocycles. The van der Waals surface area contributed by atoms with E-state index in [2.05, 4.69) is 91.5 Å². The average Bonchev–Trinajstić information content (AvgIpc) is 2.87. The van der Waals surface area contributed by atoms with Crippen LogP contribution in [0.2, 0.25) is 0 Å². The Morgan fingerprint density at radius 2 is 0.970 bits per heavy atom. The molecule has 0 unspecified atom stereocenters. The maximum atomic E-state index is 11.8. The summed E-state index contributed by atoms with van der Waals surface area (Å²) < 4.78 is 5.31. The number of benzene rings is 4. The summed E-state index contributed by atoms with van der Waals surface area (Å²) in [5, 5.41) is 0. The summed E-state index contributed by atoms with van der Waals surface area (Å²) in [4.78, 5) is 11.8. The van der Waals surface area contributed by atoms with Gasteiger partial charge in [-0.25, -0.2) is 4.79 Å². The molecule has 0 fully saturated rings. The van der Waals surface area contributed by atoms with Crippen LogP contribution in [0.1, 0.15) is 34.7 Å². The second-order valence-electron chi connectivity index (χ2n) is 7.90. The van der Waals surface area contributed by atoms with E-state index in [0.717, 1.165) is 33.4 Å². The van der Waals surface area contributed by atoms with Gasteiger partial charge in [0, 0.05) is 5.57 Å². The van der Waals surface area contributed by atoms with E-state index in [1.807, 2.05) is 30.3 Å². The Hall–Kier alpha value is -4.17. The SMILES string of the molecule is C=C(C)C(=O)OCc1ccc(C(=C(c2ccccc2)c2ccccc2)c2ccccc2)cc1. The predicted octanol–water partition coefficient (Wildman–Crippen LogP) is 7.31. The first kappa shape index (κ1) is 22.0. The number of hydrogen-bond donors (Lipinski definition) is 0. The maximum Gasteiger partial charge on any atom is 0.333 e. The molecule has 0 atom stereocenters. The Bertz CT molecular complexity index is 1210. The fourth-order valence-corrected chi connectivity index (χ4v) is 3.76. The second kappa shape index (κ2) is 10.4. The van der Waals surface area contributed by atoms with Crippen molar-refractivity contribution < 1.29 is 9.53 Å². The maximum absolute atomic E-state index is 11.8. The number of esters is 1. The van der Waals surface area contributed by atoms with Crippen LogP contribution in [0.25, 0.3) is 11.1 Å². The summed E-state index contributed by atoms with van der Waals surface area (Å²) >= 11 is 0. The van der Waals surface area contributed by atoms with Gasteiger partial charge in [0.1, 0.15) is 6.61 Å². The van der Waals surface area contributed by atoms with E-state index in [0.29, 0.717) is 5.57 Å². The normalized spacial score (nSPS) is 10.3. The Morgan fingerprint density at radius 1 is 0.606 bits per heavy atom. The molecule has 0 aliphatic heterocycles. The van der Waals surface area contributed by atoms with Gasteiger partial charge in [-0.05, 0) is 45.9 Å². The molecule has 0 bridgehead atoms. The first-order chi connectivity index (χ1) is 16.1. The van der Waals surface area contributed by atoms with Gasteiger partial charge in [0.2, 0.25) is 0 Å². The van der Waals surface area contributed by atoms with Crippen LogP contribution in [0.3, 0.4) is 0 Å². The van der Waals surface area contributed by atoms with Crippen LogP contribution in [-0.4, -0.2) is 5.97 Å². The summed E-state index contributed by atoms with van der Waals surface area (Å²) in [7, 11) is 0. The fourth-order valence-electron chi connectivity index (χ4n) is 3.76. The van der Waals surface area contributed by atoms with Gasteiger partial charge in [-0.1, -0.05) is 122 Å². The standard InChI is InChI=1S/C31H26O2/c1-23(2)31(32)33-22-24-18-20-28(21-19-24)30(27-16-10-5-11-17-27)29(25-12-6-3-7-13-25)26-14-8-4-9-15-26/h3-21H,1,22H2,2H3. The zero-order valence-electron chi connectivity index (χ0n) is 18.7. The highest BCUT2D eigenvalue weighted by molar-refractivity contribution is 6.04. The Morgan fingerprint density at radius 3 is 1.33 bits per heavy atom. The van der Waals surface area contributed by atoms with E-state index in [1.54, 1.807) is 6.92 Å². The van der Waals surface area contributed by atoms with Crippen molar-refractivity contribution in [3.05, 3.63) is 155 Å². The molecule has 0 heterocycles. The molecule has 0 radical (unpaired) electrons. The van der Waals surface area contributed by atoms with Gasteiger partial charge in [-0.2, -0.15) is 0 Å². The molecule has 0 aromatic heterocycles. The molecule has 33 heavy (non-hydrogen) atoms. The van der Waals surface area contributed by atoms with Crippen molar-refractivity contribution in [2.24, 2.45) is 0 Å². The monoisotopic (exact) mass is 430 g/mol. The minimum absolute atomic E-state index is 0.223. The van der Waals surface area contributed by atoms with Crippen molar-refractivity contribution in [1.82, 2.24) is 0 Å². The molecule has 0 N–H and O–H groups in total. The molecule has 4 aromatic rings. The molecular weight excluding hydrogens is 404 g/mol. The van der Waals surface area contributed by atoms with Crippen LogP contribution in [0.5, 0.6) is 0 Å². The molecule has 0 aliphatic rings. The van der Waals surface area contributed by atoms with Crippen LogP contribution >= 0.6 is 0 Å². The molecule has 4 aromatic carbocycles. The van der Waals surface area contributed by atoms with Crippen LogP contribution in [0, 0.1) is 0 Å². The summed E-state index contributed by atoms with van der Waals surface area (Å²) in [6.07, 6.45) is 0. The van der Waals surface area contributed by atoms with Crippen LogP contribution in [0.4, 0.5) is 0 Å². The van der Waals surface area contributed by atoms with Crippen molar-refractivity contribution >= 4 is 17.1 Å². The summed E-state index contributed by atoms with van der Waals surface area (Å²) in [6.45, 7) is 5.51. The van der Waals surface area contributed by atoms with E-state index in [1.165, 1.54) is 5.57 Å². The summed E-state index contributed by atoms with van der Waals surface area (Å²) in [5.74, 6) is -0.376. The van der Waals surface area contributed by atoms with E-state index in [9.17, 15) is 4.79 Å². The van der Waals surface area contributed by atoms with Gasteiger partial charge < -0.3 is 4.74 Å². The second-order valence-corrected chi connectivity index (χ2v) is 7.90. The summed E-state index contributed by atoms with van der Waals surface area (Å²) in [5.41, 5.74) is 8.20. The van der Waals surface area contributed by atoms with E-state index in [4.69, 9.17) is 4.74 Å². The van der Waals surface area contributed by atoms with Crippen LogP contribution in [0.15, 0.2) is 127 Å². The average molecular weight is 431 g/mol. The molecule has 0 aliphatic carbocycles. The quantitative estimate of drug-likeness (QED) is 0.174. The Balaban J connectivity index is 1.85. The van der Waals surface area contributed by atoms with E-state index >= 15 is 0 Å². The minimum Gasteiger partial charge on any atom is -0.457 e. The minimum atomic E-state index is -0.376. The zero-order chi connectivity index (χ0) is 23.0. The zero-order valence-corrected chi connectivity index (χ0v) is 18.7. The lowest BCUT2D eigenvalue weighted by molar-refractivity contribution is -0.140. The number of carbonyl (C=O) groups is 1. The lowest BCUT2D eigenvalue weighted by atomic mass is 9.85. The van der Waals surface area contributed by atoms with Crippen molar-refractivity contribution in [2.75, 3.05) is 0 Å². The van der Waals surface area contributed by atoms with Gasteiger partial charge >= 0.3 is 5.97 Å². The number of carbonyl (C=O) groups excluding carboxylic acids is 1. The molecule has 0 saturated carbocycles. The molecule has 2 nitrogen and oxygen atoms in total. The molecular formula is C31H26O2. The molecule has 4 rings (SSSR count). The highest BCUT2D eigenvalue weighted by Gasteiger charge is 2.16. The topological polar surface area (TPSA) is 26.3 Å².